The van der Waals surface area contributed by atoms with Crippen LogP contribution in [0.5, 0.6) is 11.5 Å². The molecule has 1 atom stereocenters. The summed E-state index contributed by atoms with van der Waals surface area (Å²) < 4.78 is 0. The zero-order valence-electron chi connectivity index (χ0n) is 16.0. The number of carboxylic acids is 1. The SMILES string of the molecule is CC(=CCCC(CO)CCC=C(CC(=O)c1cc(O)ccc1O)C(=O)O)CO. The third-order valence-corrected chi connectivity index (χ3v) is 4.45. The predicted molar refractivity (Wildman–Crippen MR) is 104 cm³/mol. The highest BCUT2D eigenvalue weighted by atomic mass is 16.4. The van der Waals surface area contributed by atoms with Gasteiger partial charge in [-0.15, -0.1) is 0 Å². The number of ketones is 1. The van der Waals surface area contributed by atoms with E-state index >= 15 is 0 Å². The Bertz CT molecular complexity index is 734. The Hall–Kier alpha value is -2.64. The summed E-state index contributed by atoms with van der Waals surface area (Å²) in [6.07, 6.45) is 5.32. The molecule has 1 rings (SSSR count). The zero-order valence-corrected chi connectivity index (χ0v) is 16.0. The molecule has 0 radical (unpaired) electrons. The van der Waals surface area contributed by atoms with Crippen LogP contribution >= 0.6 is 0 Å². The maximum atomic E-state index is 12.3. The number of aliphatic hydroxyl groups is 2. The largest absolute Gasteiger partial charge is 0.508 e. The lowest BCUT2D eigenvalue weighted by Crippen LogP contribution is -2.09. The first-order valence-corrected chi connectivity index (χ1v) is 9.13. The summed E-state index contributed by atoms with van der Waals surface area (Å²) in [4.78, 5) is 23.7. The average Bonchev–Trinajstić information content (AvgIpc) is 2.67. The van der Waals surface area contributed by atoms with Gasteiger partial charge in [-0.1, -0.05) is 17.7 Å². The Kier molecular flexibility index (Phi) is 9.98. The van der Waals surface area contributed by atoms with Crippen LogP contribution in [0.1, 0.15) is 49.4 Å². The van der Waals surface area contributed by atoms with Crippen LogP contribution in [0.4, 0.5) is 0 Å². The van der Waals surface area contributed by atoms with Crippen molar-refractivity contribution in [1.29, 1.82) is 0 Å². The molecule has 0 aliphatic heterocycles. The molecule has 7 heteroatoms. The number of carbonyl (C=O) groups excluding carboxylic acids is 1. The van der Waals surface area contributed by atoms with Crippen LogP contribution in [-0.4, -0.2) is 50.5 Å². The van der Waals surface area contributed by atoms with Gasteiger partial charge < -0.3 is 25.5 Å². The number of phenols is 2. The van der Waals surface area contributed by atoms with E-state index in [4.69, 9.17) is 5.11 Å². The van der Waals surface area contributed by atoms with E-state index in [0.29, 0.717) is 25.7 Å². The second kappa shape index (κ2) is 11.9. The van der Waals surface area contributed by atoms with Gasteiger partial charge in [0.25, 0.3) is 0 Å². The Morgan fingerprint density at radius 1 is 1.07 bits per heavy atom. The van der Waals surface area contributed by atoms with Gasteiger partial charge in [-0.25, -0.2) is 4.79 Å². The molecule has 0 heterocycles. The highest BCUT2D eigenvalue weighted by Crippen LogP contribution is 2.25. The van der Waals surface area contributed by atoms with Gasteiger partial charge in [0.05, 0.1) is 12.2 Å². The predicted octanol–water partition coefficient (Wildman–Crippen LogP) is 2.79. The topological polar surface area (TPSA) is 135 Å². The molecular weight excluding hydrogens is 364 g/mol. The summed E-state index contributed by atoms with van der Waals surface area (Å²) in [5, 5.41) is 46.9. The highest BCUT2D eigenvalue weighted by Gasteiger charge is 2.18. The average molecular weight is 392 g/mol. The molecule has 0 aliphatic rings. The van der Waals surface area contributed by atoms with Gasteiger partial charge in [-0.05, 0) is 56.7 Å². The molecule has 28 heavy (non-hydrogen) atoms. The lowest BCUT2D eigenvalue weighted by atomic mass is 9.96. The molecule has 7 nitrogen and oxygen atoms in total. The van der Waals surface area contributed by atoms with E-state index in [2.05, 4.69) is 0 Å². The molecule has 1 aromatic rings. The molecule has 154 valence electrons. The molecule has 1 aromatic carbocycles. The summed E-state index contributed by atoms with van der Waals surface area (Å²) in [6.45, 7) is 1.78. The van der Waals surface area contributed by atoms with Crippen LogP contribution < -0.4 is 0 Å². The summed E-state index contributed by atoms with van der Waals surface area (Å²) in [5.74, 6) is -2.36. The molecular formula is C21H28O7. The van der Waals surface area contributed by atoms with Crippen molar-refractivity contribution in [3.8, 4) is 11.5 Å². The van der Waals surface area contributed by atoms with E-state index in [1.807, 2.05) is 13.0 Å². The van der Waals surface area contributed by atoms with E-state index < -0.39 is 18.2 Å². The fourth-order valence-electron chi connectivity index (χ4n) is 2.70. The molecule has 0 spiro atoms. The van der Waals surface area contributed by atoms with Gasteiger partial charge in [0.1, 0.15) is 11.5 Å². The van der Waals surface area contributed by atoms with Crippen molar-refractivity contribution < 1.29 is 35.1 Å². The third-order valence-electron chi connectivity index (χ3n) is 4.45. The molecule has 0 aromatic heterocycles. The van der Waals surface area contributed by atoms with E-state index in [-0.39, 0.29) is 41.8 Å². The van der Waals surface area contributed by atoms with E-state index in [9.17, 15) is 30.0 Å². The van der Waals surface area contributed by atoms with Crippen molar-refractivity contribution in [3.05, 3.63) is 47.1 Å². The quantitative estimate of drug-likeness (QED) is 0.160. The van der Waals surface area contributed by atoms with Gasteiger partial charge in [-0.3, -0.25) is 4.79 Å². The zero-order chi connectivity index (χ0) is 21.1. The molecule has 0 fully saturated rings. The molecule has 5 N–H and O–H groups in total. The molecule has 0 saturated carbocycles. The minimum absolute atomic E-state index is 0.00271. The number of rotatable bonds is 12. The van der Waals surface area contributed by atoms with Gasteiger partial charge in [0, 0.05) is 18.6 Å². The van der Waals surface area contributed by atoms with Crippen LogP contribution in [-0.2, 0) is 4.79 Å². The maximum Gasteiger partial charge on any atom is 0.331 e. The van der Waals surface area contributed by atoms with Crippen LogP contribution in [0.25, 0.3) is 0 Å². The number of Topliss-reactive ketones (excluding diaryl/α,β-unsaturated/α-hetero) is 1. The van der Waals surface area contributed by atoms with Crippen LogP contribution in [0.3, 0.4) is 0 Å². The molecule has 0 amide bonds. The first-order chi connectivity index (χ1) is 13.3. The molecule has 0 aliphatic carbocycles. The first-order valence-electron chi connectivity index (χ1n) is 9.13. The van der Waals surface area contributed by atoms with Crippen molar-refractivity contribution in [2.45, 2.75) is 39.0 Å². The number of carbonyl (C=O) groups is 2. The first kappa shape index (κ1) is 23.4. The molecule has 0 saturated heterocycles. The van der Waals surface area contributed by atoms with E-state index in [1.165, 1.54) is 18.2 Å². The maximum absolute atomic E-state index is 12.3. The van der Waals surface area contributed by atoms with Crippen molar-refractivity contribution in [2.24, 2.45) is 5.92 Å². The summed E-state index contributed by atoms with van der Waals surface area (Å²) in [7, 11) is 0. The molecule has 0 bridgehead atoms. The summed E-state index contributed by atoms with van der Waals surface area (Å²) >= 11 is 0. The van der Waals surface area contributed by atoms with Crippen molar-refractivity contribution in [2.75, 3.05) is 13.2 Å². The summed E-state index contributed by atoms with van der Waals surface area (Å²) in [5.41, 5.74) is 0.630. The third kappa shape index (κ3) is 7.94. The monoisotopic (exact) mass is 392 g/mol. The number of aliphatic hydroxyl groups excluding tert-OH is 2. The van der Waals surface area contributed by atoms with Crippen molar-refractivity contribution >= 4 is 11.8 Å². The number of aliphatic carboxylic acids is 1. The Morgan fingerprint density at radius 2 is 1.71 bits per heavy atom. The van der Waals surface area contributed by atoms with Crippen LogP contribution in [0.2, 0.25) is 0 Å². The summed E-state index contributed by atoms with van der Waals surface area (Å²) in [6, 6.07) is 3.50. The number of phenolic OH excluding ortho intramolecular Hbond substituents is 2. The van der Waals surface area contributed by atoms with Crippen molar-refractivity contribution in [3.63, 3.8) is 0 Å². The lowest BCUT2D eigenvalue weighted by Gasteiger charge is -2.12. The van der Waals surface area contributed by atoms with Gasteiger partial charge >= 0.3 is 5.97 Å². The van der Waals surface area contributed by atoms with E-state index in [0.717, 1.165) is 11.6 Å². The number of hydrogen-bond donors (Lipinski definition) is 5. The number of aromatic hydroxyl groups is 2. The second-order valence-electron chi connectivity index (χ2n) is 6.75. The second-order valence-corrected chi connectivity index (χ2v) is 6.75. The number of hydrogen-bond acceptors (Lipinski definition) is 6. The fraction of sp³-hybridized carbons (Fsp3) is 0.429. The Labute approximate surface area is 164 Å². The standard InChI is InChI=1S/C21H28O7/c1-14(12-22)4-2-5-15(13-23)6-3-7-16(21(27)28)10-20(26)18-11-17(24)8-9-19(18)25/h4,7-9,11,15,22-25H,2-3,5-6,10,12-13H2,1H3,(H,27,28). The Morgan fingerprint density at radius 3 is 2.29 bits per heavy atom. The van der Waals surface area contributed by atoms with Gasteiger partial charge in [0.2, 0.25) is 0 Å². The lowest BCUT2D eigenvalue weighted by molar-refractivity contribution is -0.132. The number of benzene rings is 1. The van der Waals surface area contributed by atoms with Gasteiger partial charge in [-0.2, -0.15) is 0 Å². The smallest absolute Gasteiger partial charge is 0.331 e. The normalized spacial score (nSPS) is 13.4. The minimum Gasteiger partial charge on any atom is -0.508 e. The fourth-order valence-corrected chi connectivity index (χ4v) is 2.70. The van der Waals surface area contributed by atoms with Crippen LogP contribution in [0, 0.1) is 5.92 Å². The van der Waals surface area contributed by atoms with Gasteiger partial charge in [0.15, 0.2) is 5.78 Å². The number of carboxylic acid groups (broad SMARTS) is 1. The Balaban J connectivity index is 2.69. The minimum atomic E-state index is -1.23. The van der Waals surface area contributed by atoms with Crippen LogP contribution in [0.15, 0.2) is 41.5 Å². The van der Waals surface area contributed by atoms with Crippen molar-refractivity contribution in [1.82, 2.24) is 0 Å². The molecule has 1 unspecified atom stereocenters. The highest BCUT2D eigenvalue weighted by molar-refractivity contribution is 6.04. The van der Waals surface area contributed by atoms with E-state index in [1.54, 1.807) is 0 Å². The number of allylic oxidation sites excluding steroid dienone is 2.